The van der Waals surface area contributed by atoms with E-state index >= 15 is 0 Å². The third-order valence-electron chi connectivity index (χ3n) is 2.81. The molecule has 19 heavy (non-hydrogen) atoms. The van der Waals surface area contributed by atoms with Gasteiger partial charge >= 0.3 is 0 Å². The molecule has 0 saturated heterocycles. The summed E-state index contributed by atoms with van der Waals surface area (Å²) in [5, 5.41) is 8.74. The average Bonchev–Trinajstić information content (AvgIpc) is 2.40. The maximum Gasteiger partial charge on any atom is 0.176 e. The van der Waals surface area contributed by atoms with Crippen LogP contribution in [0.2, 0.25) is 0 Å². The largest absolute Gasteiger partial charge is 0.295 e. The molecular weight excluding hydrogens is 250 g/mol. The highest BCUT2D eigenvalue weighted by Gasteiger charge is 2.15. The number of hydrogen-bond donors (Lipinski definition) is 0. The van der Waals surface area contributed by atoms with Crippen molar-refractivity contribution in [2.45, 2.75) is 13.8 Å². The molecule has 0 radical (unpaired) electrons. The van der Waals surface area contributed by atoms with Crippen molar-refractivity contribution in [2.75, 3.05) is 19.6 Å². The number of hydrogen-bond acceptors (Lipinski definition) is 3. The molecule has 0 aliphatic heterocycles. The molecule has 1 aromatic carbocycles. The number of carbonyl (C=O) groups excluding carboxylic acids is 1. The van der Waals surface area contributed by atoms with E-state index in [1.165, 1.54) is 6.07 Å². The maximum absolute atomic E-state index is 13.0. The molecule has 0 aliphatic rings. The molecule has 1 aromatic rings. The zero-order chi connectivity index (χ0) is 14.4. The molecule has 0 N–H and O–H groups in total. The highest BCUT2D eigenvalue weighted by Crippen LogP contribution is 2.10. The first kappa shape index (κ1) is 15.3. The van der Waals surface area contributed by atoms with Crippen molar-refractivity contribution in [1.82, 2.24) is 4.90 Å². The third kappa shape index (κ3) is 4.42. The first-order valence-electron chi connectivity index (χ1n) is 6.08. The lowest BCUT2D eigenvalue weighted by Gasteiger charge is -2.20. The molecule has 0 fully saturated rings. The quantitative estimate of drug-likeness (QED) is 0.743. The molecule has 0 spiro atoms. The smallest absolute Gasteiger partial charge is 0.176 e. The van der Waals surface area contributed by atoms with E-state index in [-0.39, 0.29) is 23.8 Å². The fourth-order valence-corrected chi connectivity index (χ4v) is 1.70. The van der Waals surface area contributed by atoms with E-state index in [4.69, 9.17) is 5.26 Å². The summed E-state index contributed by atoms with van der Waals surface area (Å²) in [6, 6.07) is 5.21. The van der Waals surface area contributed by atoms with Crippen LogP contribution in [0.25, 0.3) is 0 Å². The van der Waals surface area contributed by atoms with Gasteiger partial charge in [-0.05, 0) is 31.7 Å². The van der Waals surface area contributed by atoms with Crippen molar-refractivity contribution in [1.29, 1.82) is 5.26 Å². The van der Waals surface area contributed by atoms with Crippen LogP contribution < -0.4 is 0 Å². The van der Waals surface area contributed by atoms with Crippen LogP contribution in [-0.2, 0) is 0 Å². The van der Waals surface area contributed by atoms with Crippen LogP contribution in [0.1, 0.15) is 24.2 Å². The summed E-state index contributed by atoms with van der Waals surface area (Å²) >= 11 is 0. The second-order valence-corrected chi connectivity index (χ2v) is 4.41. The van der Waals surface area contributed by atoms with Gasteiger partial charge in [-0.2, -0.15) is 5.26 Å². The van der Waals surface area contributed by atoms with Crippen LogP contribution in [-0.4, -0.2) is 30.3 Å². The molecule has 1 unspecified atom stereocenters. The van der Waals surface area contributed by atoms with Crippen molar-refractivity contribution < 1.29 is 13.6 Å². The number of likely N-dealkylation sites (N-methyl/N-ethyl adjacent to an activating group) is 1. The molecule has 102 valence electrons. The van der Waals surface area contributed by atoms with E-state index in [1.807, 2.05) is 6.92 Å². The maximum atomic E-state index is 13.0. The summed E-state index contributed by atoms with van der Waals surface area (Å²) < 4.78 is 25.8. The van der Waals surface area contributed by atoms with Gasteiger partial charge in [0, 0.05) is 12.1 Å². The number of benzene rings is 1. The van der Waals surface area contributed by atoms with Crippen LogP contribution in [0.4, 0.5) is 8.78 Å². The van der Waals surface area contributed by atoms with Crippen molar-refractivity contribution in [3.63, 3.8) is 0 Å². The van der Waals surface area contributed by atoms with Gasteiger partial charge in [0.2, 0.25) is 0 Å². The molecule has 1 atom stereocenters. The van der Waals surface area contributed by atoms with Crippen molar-refractivity contribution in [2.24, 2.45) is 5.92 Å². The summed E-state index contributed by atoms with van der Waals surface area (Å²) in [6.07, 6.45) is 0. The molecule has 3 nitrogen and oxygen atoms in total. The minimum absolute atomic E-state index is 0.0909. The van der Waals surface area contributed by atoms with Crippen LogP contribution >= 0.6 is 0 Å². The molecule has 0 saturated carbocycles. The highest BCUT2D eigenvalue weighted by molar-refractivity contribution is 5.97. The van der Waals surface area contributed by atoms with Crippen molar-refractivity contribution >= 4 is 5.78 Å². The van der Waals surface area contributed by atoms with Gasteiger partial charge in [-0.25, -0.2) is 8.78 Å². The first-order chi connectivity index (χ1) is 8.97. The molecule has 0 bridgehead atoms. The topological polar surface area (TPSA) is 44.1 Å². The Morgan fingerprint density at radius 3 is 2.63 bits per heavy atom. The Kier molecular flexibility index (Phi) is 5.58. The molecule has 1 rings (SSSR count). The standard InChI is InChI=1S/C14H16F2N2O/c1-3-18(8-10(2)7-17)9-14(19)11-4-5-12(15)13(16)6-11/h4-6,10H,3,8-9H2,1-2H3. The zero-order valence-electron chi connectivity index (χ0n) is 11.0. The Balaban J connectivity index is 2.72. The predicted molar refractivity (Wildman–Crippen MR) is 67.6 cm³/mol. The zero-order valence-corrected chi connectivity index (χ0v) is 11.0. The van der Waals surface area contributed by atoms with Gasteiger partial charge in [-0.1, -0.05) is 6.92 Å². The lowest BCUT2D eigenvalue weighted by Crippen LogP contribution is -2.33. The van der Waals surface area contributed by atoms with Gasteiger partial charge in [0.25, 0.3) is 0 Å². The second kappa shape index (κ2) is 6.95. The normalized spacial score (nSPS) is 12.2. The van der Waals surface area contributed by atoms with Gasteiger partial charge in [-0.3, -0.25) is 9.69 Å². The number of nitriles is 1. The fourth-order valence-electron chi connectivity index (χ4n) is 1.70. The molecule has 0 heterocycles. The van der Waals surface area contributed by atoms with E-state index in [0.717, 1.165) is 12.1 Å². The fraction of sp³-hybridized carbons (Fsp3) is 0.429. The number of ketones is 1. The molecule has 0 amide bonds. The third-order valence-corrected chi connectivity index (χ3v) is 2.81. The Bertz CT molecular complexity index is 497. The van der Waals surface area contributed by atoms with Crippen LogP contribution in [0.15, 0.2) is 18.2 Å². The number of carbonyl (C=O) groups is 1. The van der Waals surface area contributed by atoms with Crippen molar-refractivity contribution in [3.8, 4) is 6.07 Å². The Hall–Kier alpha value is -1.80. The summed E-state index contributed by atoms with van der Waals surface area (Å²) in [7, 11) is 0. The molecular formula is C14H16F2N2O. The minimum Gasteiger partial charge on any atom is -0.295 e. The summed E-state index contributed by atoms with van der Waals surface area (Å²) in [4.78, 5) is 13.7. The predicted octanol–water partition coefficient (Wildman–Crippen LogP) is 2.63. The van der Waals surface area contributed by atoms with Gasteiger partial charge in [0.1, 0.15) is 0 Å². The van der Waals surface area contributed by atoms with Crippen LogP contribution in [0.5, 0.6) is 0 Å². The molecule has 0 aliphatic carbocycles. The number of halogens is 2. The second-order valence-electron chi connectivity index (χ2n) is 4.41. The van der Waals surface area contributed by atoms with E-state index < -0.39 is 11.6 Å². The van der Waals surface area contributed by atoms with Crippen LogP contribution in [0.3, 0.4) is 0 Å². The van der Waals surface area contributed by atoms with E-state index in [0.29, 0.717) is 13.1 Å². The number of rotatable bonds is 6. The monoisotopic (exact) mass is 266 g/mol. The Morgan fingerprint density at radius 1 is 1.42 bits per heavy atom. The van der Waals surface area contributed by atoms with Gasteiger partial charge in [0.05, 0.1) is 18.5 Å². The number of nitrogens with zero attached hydrogens (tertiary/aromatic N) is 2. The van der Waals surface area contributed by atoms with E-state index in [1.54, 1.807) is 11.8 Å². The number of Topliss-reactive ketones (excluding diaryl/α,β-unsaturated/α-hetero) is 1. The SMILES string of the molecule is CCN(CC(=O)c1ccc(F)c(F)c1)CC(C)C#N. The summed E-state index contributed by atoms with van der Waals surface area (Å²) in [5.41, 5.74) is 0.141. The van der Waals surface area contributed by atoms with E-state index in [2.05, 4.69) is 6.07 Å². The van der Waals surface area contributed by atoms with Gasteiger partial charge < -0.3 is 0 Å². The van der Waals surface area contributed by atoms with Gasteiger partial charge in [-0.15, -0.1) is 0 Å². The average molecular weight is 266 g/mol. The summed E-state index contributed by atoms with van der Waals surface area (Å²) in [5.74, 6) is -2.47. The van der Waals surface area contributed by atoms with Crippen molar-refractivity contribution in [3.05, 3.63) is 35.4 Å². The Morgan fingerprint density at radius 2 is 2.11 bits per heavy atom. The van der Waals surface area contributed by atoms with Crippen LogP contribution in [0, 0.1) is 28.9 Å². The highest BCUT2D eigenvalue weighted by atomic mass is 19.2. The summed E-state index contributed by atoms with van der Waals surface area (Å²) in [6.45, 7) is 4.82. The first-order valence-corrected chi connectivity index (χ1v) is 6.08. The van der Waals surface area contributed by atoms with Gasteiger partial charge in [0.15, 0.2) is 17.4 Å². The molecule has 5 heteroatoms. The lowest BCUT2D eigenvalue weighted by molar-refractivity contribution is 0.0928. The lowest BCUT2D eigenvalue weighted by atomic mass is 10.1. The van der Waals surface area contributed by atoms with E-state index in [9.17, 15) is 13.6 Å². The minimum atomic E-state index is -1.03. The Labute approximate surface area is 111 Å². The molecule has 0 aromatic heterocycles.